The monoisotopic (exact) mass is 439 g/mol. The zero-order valence-corrected chi connectivity index (χ0v) is 20.7. The highest BCUT2D eigenvalue weighted by Crippen LogP contribution is 2.65. The Morgan fingerprint density at radius 1 is 0.727 bits per heavy atom. The molecule has 0 unspecified atom stereocenters. The fraction of sp³-hybridized carbons (Fsp3) is 0.484. The normalized spacial score (nSPS) is 22.4. The molecule has 2 fully saturated rings. The van der Waals surface area contributed by atoms with Gasteiger partial charge < -0.3 is 10.0 Å². The largest absolute Gasteiger partial charge is 0.507 e. The van der Waals surface area contributed by atoms with Gasteiger partial charge in [-0.2, -0.15) is 0 Å². The summed E-state index contributed by atoms with van der Waals surface area (Å²) < 4.78 is 0. The number of phenolic OH excluding ortho intramolecular Hbond substituents is 1. The molecule has 3 aliphatic rings. The van der Waals surface area contributed by atoms with Gasteiger partial charge in [-0.25, -0.2) is 0 Å². The summed E-state index contributed by atoms with van der Waals surface area (Å²) in [5.74, 6) is 0.425. The molecule has 0 atom stereocenters. The number of hydrogen-bond acceptors (Lipinski definition) is 2. The summed E-state index contributed by atoms with van der Waals surface area (Å²) in [4.78, 5) is 2.59. The van der Waals surface area contributed by atoms with Gasteiger partial charge in [-0.1, -0.05) is 58.0 Å². The van der Waals surface area contributed by atoms with Gasteiger partial charge in [-0.3, -0.25) is 0 Å². The summed E-state index contributed by atoms with van der Waals surface area (Å²) in [6.07, 6.45) is 7.43. The molecule has 1 saturated carbocycles. The van der Waals surface area contributed by atoms with Crippen molar-refractivity contribution < 1.29 is 5.11 Å². The predicted octanol–water partition coefficient (Wildman–Crippen LogP) is 8.04. The van der Waals surface area contributed by atoms with Gasteiger partial charge in [-0.15, -0.1) is 0 Å². The molecule has 0 bridgehead atoms. The van der Waals surface area contributed by atoms with E-state index < -0.39 is 0 Å². The van der Waals surface area contributed by atoms with Crippen molar-refractivity contribution in [2.24, 2.45) is 10.8 Å². The lowest BCUT2D eigenvalue weighted by atomic mass is 9.52. The summed E-state index contributed by atoms with van der Waals surface area (Å²) >= 11 is 0. The number of hydrogen-bond donors (Lipinski definition) is 1. The van der Waals surface area contributed by atoms with E-state index in [9.17, 15) is 5.11 Å². The Balaban J connectivity index is 1.65. The van der Waals surface area contributed by atoms with Gasteiger partial charge in [-0.05, 0) is 95.2 Å². The fourth-order valence-electron chi connectivity index (χ4n) is 8.16. The van der Waals surface area contributed by atoms with Crippen molar-refractivity contribution in [3.63, 3.8) is 0 Å². The lowest BCUT2D eigenvalue weighted by Crippen LogP contribution is -2.44. The molecule has 0 radical (unpaired) electrons. The maximum atomic E-state index is 11.1. The maximum absolute atomic E-state index is 11.1. The third-order valence-electron chi connectivity index (χ3n) is 8.57. The molecule has 2 heteroatoms. The van der Waals surface area contributed by atoms with Gasteiger partial charge in [0.05, 0.1) is 0 Å². The number of rotatable bonds is 1. The highest BCUT2D eigenvalue weighted by molar-refractivity contribution is 6.05. The Kier molecular flexibility index (Phi) is 4.48. The molecule has 1 heterocycles. The lowest BCUT2D eigenvalue weighted by molar-refractivity contribution is 0.0645. The van der Waals surface area contributed by atoms with Crippen LogP contribution in [0.1, 0.15) is 77.3 Å². The molecule has 0 aromatic heterocycles. The smallest absolute Gasteiger partial charge is 0.123 e. The maximum Gasteiger partial charge on any atom is 0.123 e. The highest BCUT2D eigenvalue weighted by atomic mass is 16.3. The summed E-state index contributed by atoms with van der Waals surface area (Å²) in [6.45, 7) is 12.1. The molecule has 6 rings (SSSR count). The van der Waals surface area contributed by atoms with Gasteiger partial charge >= 0.3 is 0 Å². The predicted molar refractivity (Wildman–Crippen MR) is 139 cm³/mol. The van der Waals surface area contributed by atoms with Crippen molar-refractivity contribution in [2.45, 2.75) is 71.6 Å². The van der Waals surface area contributed by atoms with Crippen LogP contribution in [0.5, 0.6) is 5.75 Å². The highest BCUT2D eigenvalue weighted by Gasteiger charge is 2.53. The molecule has 172 valence electrons. The van der Waals surface area contributed by atoms with Gasteiger partial charge in [0.1, 0.15) is 5.75 Å². The first-order valence-electron chi connectivity index (χ1n) is 12.8. The number of nitrogens with zero attached hydrogens (tertiary/aromatic N) is 1. The Hall–Kier alpha value is -2.48. The van der Waals surface area contributed by atoms with Crippen molar-refractivity contribution in [3.8, 4) is 16.9 Å². The van der Waals surface area contributed by atoms with E-state index in [1.165, 1.54) is 72.1 Å². The molecule has 1 N–H and O–H groups in total. The average Bonchev–Trinajstić information content (AvgIpc) is 3.00. The molecule has 1 aliphatic heterocycles. The van der Waals surface area contributed by atoms with Crippen LogP contribution in [0, 0.1) is 10.8 Å². The first kappa shape index (κ1) is 21.1. The molecule has 1 spiro atoms. The van der Waals surface area contributed by atoms with Gasteiger partial charge in [0.15, 0.2) is 0 Å². The van der Waals surface area contributed by atoms with Crippen LogP contribution < -0.4 is 4.90 Å². The van der Waals surface area contributed by atoms with Gasteiger partial charge in [0.2, 0.25) is 0 Å². The fourth-order valence-corrected chi connectivity index (χ4v) is 8.16. The van der Waals surface area contributed by atoms with Crippen LogP contribution in [0.4, 0.5) is 5.69 Å². The molecular weight excluding hydrogens is 402 g/mol. The number of fused-ring (bicyclic) bond motifs is 7. The lowest BCUT2D eigenvalue weighted by Gasteiger charge is -2.52. The van der Waals surface area contributed by atoms with Crippen molar-refractivity contribution in [1.29, 1.82) is 0 Å². The van der Waals surface area contributed by atoms with Crippen molar-refractivity contribution in [2.75, 3.05) is 18.0 Å². The number of piperidine rings is 1. The van der Waals surface area contributed by atoms with E-state index in [2.05, 4.69) is 75.1 Å². The minimum absolute atomic E-state index is 0.0524. The second kappa shape index (κ2) is 7.01. The number of benzene rings is 3. The topological polar surface area (TPSA) is 23.5 Å². The minimum atomic E-state index is -0.0524. The van der Waals surface area contributed by atoms with E-state index in [4.69, 9.17) is 0 Å². The molecule has 3 aromatic rings. The Bertz CT molecular complexity index is 1230. The van der Waals surface area contributed by atoms with Crippen LogP contribution in [0.15, 0.2) is 48.5 Å². The number of aromatic hydroxyl groups is 1. The van der Waals surface area contributed by atoms with Crippen LogP contribution >= 0.6 is 0 Å². The van der Waals surface area contributed by atoms with E-state index in [0.717, 1.165) is 18.2 Å². The summed E-state index contributed by atoms with van der Waals surface area (Å²) in [7, 11) is 0. The first-order valence-corrected chi connectivity index (χ1v) is 12.8. The quantitative estimate of drug-likeness (QED) is 0.415. The standard InChI is InChI=1S/C31H37NO/c1-29(2)18-30(3,4)20-31(19-29)25-16-21(32-14-8-5-9-15-32)12-13-24(25)28-23-11-7-6-10-22(23)27(33)17-26(28)31/h6-7,10-13,16-17,33H,5,8-9,14-15,18-20H2,1-4H3. The van der Waals surface area contributed by atoms with Crippen molar-refractivity contribution >= 4 is 16.5 Å². The van der Waals surface area contributed by atoms with E-state index in [-0.39, 0.29) is 16.2 Å². The van der Waals surface area contributed by atoms with Crippen molar-refractivity contribution in [3.05, 3.63) is 59.7 Å². The molecule has 0 amide bonds. The zero-order valence-electron chi connectivity index (χ0n) is 20.7. The van der Waals surface area contributed by atoms with E-state index in [1.807, 2.05) is 6.07 Å². The van der Waals surface area contributed by atoms with Gasteiger partial charge in [0, 0.05) is 29.6 Å². The van der Waals surface area contributed by atoms with E-state index in [0.29, 0.717) is 5.75 Å². The Labute approximate surface area is 198 Å². The van der Waals surface area contributed by atoms with E-state index >= 15 is 0 Å². The van der Waals surface area contributed by atoms with Gasteiger partial charge in [0.25, 0.3) is 0 Å². The second-order valence-corrected chi connectivity index (χ2v) is 12.6. The Morgan fingerprint density at radius 2 is 1.39 bits per heavy atom. The molecule has 2 aliphatic carbocycles. The van der Waals surface area contributed by atoms with Crippen molar-refractivity contribution in [1.82, 2.24) is 0 Å². The summed E-state index contributed by atoms with van der Waals surface area (Å²) in [6, 6.07) is 17.8. The van der Waals surface area contributed by atoms with Crippen LogP contribution in [0.3, 0.4) is 0 Å². The molecule has 1 saturated heterocycles. The zero-order chi connectivity index (χ0) is 23.0. The average molecular weight is 440 g/mol. The third kappa shape index (κ3) is 3.21. The summed E-state index contributed by atoms with van der Waals surface area (Å²) in [5.41, 5.74) is 7.40. The van der Waals surface area contributed by atoms with Crippen LogP contribution in [0.25, 0.3) is 21.9 Å². The summed E-state index contributed by atoms with van der Waals surface area (Å²) in [5, 5.41) is 13.3. The third-order valence-corrected chi connectivity index (χ3v) is 8.57. The molecule has 33 heavy (non-hydrogen) atoms. The van der Waals surface area contributed by atoms with Crippen LogP contribution in [-0.2, 0) is 5.41 Å². The molecule has 3 aromatic carbocycles. The number of phenols is 1. The van der Waals surface area contributed by atoms with Crippen LogP contribution in [0.2, 0.25) is 0 Å². The van der Waals surface area contributed by atoms with E-state index in [1.54, 1.807) is 0 Å². The number of anilines is 1. The molecule has 2 nitrogen and oxygen atoms in total. The van der Waals surface area contributed by atoms with Crippen LogP contribution in [-0.4, -0.2) is 18.2 Å². The SMILES string of the molecule is CC1(C)CC(C)(C)CC2(C1)c1cc(N3CCCCC3)ccc1-c1c2cc(O)c2ccccc12. The molecular formula is C31H37NO. The minimum Gasteiger partial charge on any atom is -0.507 e. The second-order valence-electron chi connectivity index (χ2n) is 12.6. The first-order chi connectivity index (χ1) is 15.7. The Morgan fingerprint density at radius 3 is 2.09 bits per heavy atom.